The molecule has 3 aromatic rings. The number of nitrogens with one attached hydrogen (secondary N) is 1. The molecule has 0 aliphatic carbocycles. The minimum absolute atomic E-state index is 0.133. The Morgan fingerprint density at radius 2 is 1.80 bits per heavy atom. The highest BCUT2D eigenvalue weighted by Crippen LogP contribution is 2.05. The number of carbonyl (C=O) groups excluding carboxylic acids is 1. The van der Waals surface area contributed by atoms with Crippen molar-refractivity contribution >= 4 is 5.91 Å². The van der Waals surface area contributed by atoms with E-state index in [1.54, 1.807) is 0 Å². The van der Waals surface area contributed by atoms with Crippen LogP contribution in [0.5, 0.6) is 0 Å². The average Bonchev–Trinajstić information content (AvgIpc) is 2.96. The van der Waals surface area contributed by atoms with Crippen LogP contribution < -0.4 is 11.0 Å². The number of hydrogen-bond donors (Lipinski definition) is 1. The van der Waals surface area contributed by atoms with E-state index >= 15 is 0 Å². The Balaban J connectivity index is 1.65. The molecular formula is C18H17FN4O2. The van der Waals surface area contributed by atoms with E-state index in [-0.39, 0.29) is 12.5 Å². The van der Waals surface area contributed by atoms with Gasteiger partial charge in [0.25, 0.3) is 0 Å². The van der Waals surface area contributed by atoms with Crippen LogP contribution >= 0.6 is 0 Å². The van der Waals surface area contributed by atoms with Crippen molar-refractivity contribution in [2.24, 2.45) is 0 Å². The molecule has 1 N–H and O–H groups in total. The van der Waals surface area contributed by atoms with Gasteiger partial charge in [-0.15, -0.1) is 0 Å². The number of amides is 1. The molecule has 25 heavy (non-hydrogen) atoms. The van der Waals surface area contributed by atoms with Crippen molar-refractivity contribution in [3.8, 4) is 5.69 Å². The van der Waals surface area contributed by atoms with Crippen LogP contribution in [0.4, 0.5) is 4.39 Å². The molecule has 7 heteroatoms. The summed E-state index contributed by atoms with van der Waals surface area (Å²) in [5.74, 6) is -0.687. The lowest BCUT2D eigenvalue weighted by Gasteiger charge is -2.05. The number of rotatable bonds is 5. The smallest absolute Gasteiger partial charge is 0.350 e. The molecule has 6 nitrogen and oxygen atoms in total. The van der Waals surface area contributed by atoms with E-state index in [0.29, 0.717) is 12.2 Å². The Labute approximate surface area is 143 Å². The highest BCUT2D eigenvalue weighted by molar-refractivity contribution is 5.75. The van der Waals surface area contributed by atoms with Gasteiger partial charge in [-0.2, -0.15) is 9.78 Å². The number of nitrogens with zero attached hydrogens (tertiary/aromatic N) is 3. The standard InChI is InChI=1S/C18H17FN4O2/c1-13-2-4-14(5-3-13)10-20-17(24)11-22-12-21-23(18(22)25)16-8-6-15(19)7-9-16/h2-9,12H,10-11H2,1H3,(H,20,24). The molecule has 0 aliphatic rings. The van der Waals surface area contributed by atoms with Crippen LogP contribution in [0.1, 0.15) is 11.1 Å². The van der Waals surface area contributed by atoms with E-state index in [1.807, 2.05) is 31.2 Å². The first kappa shape index (κ1) is 16.6. The maximum Gasteiger partial charge on any atom is 0.350 e. The fraction of sp³-hybridized carbons (Fsp3) is 0.167. The van der Waals surface area contributed by atoms with E-state index in [1.165, 1.54) is 35.2 Å². The van der Waals surface area contributed by atoms with Crippen molar-refractivity contribution in [1.82, 2.24) is 19.7 Å². The normalized spacial score (nSPS) is 10.6. The third-order valence-corrected chi connectivity index (χ3v) is 3.73. The molecule has 0 fully saturated rings. The van der Waals surface area contributed by atoms with Crippen LogP contribution in [0, 0.1) is 12.7 Å². The van der Waals surface area contributed by atoms with E-state index in [4.69, 9.17) is 0 Å². The third kappa shape index (κ3) is 4.00. The number of halogens is 1. The zero-order valence-corrected chi connectivity index (χ0v) is 13.6. The summed E-state index contributed by atoms with van der Waals surface area (Å²) in [5.41, 5.74) is 2.10. The predicted octanol–water partition coefficient (Wildman–Crippen LogP) is 1.80. The molecule has 1 amide bonds. The van der Waals surface area contributed by atoms with Gasteiger partial charge in [0.2, 0.25) is 5.91 Å². The third-order valence-electron chi connectivity index (χ3n) is 3.73. The van der Waals surface area contributed by atoms with Gasteiger partial charge in [0.1, 0.15) is 18.7 Å². The molecule has 0 radical (unpaired) electrons. The highest BCUT2D eigenvalue weighted by atomic mass is 19.1. The molecule has 0 aliphatic heterocycles. The zero-order chi connectivity index (χ0) is 17.8. The Hall–Kier alpha value is -3.22. The number of aryl methyl sites for hydroxylation is 1. The lowest BCUT2D eigenvalue weighted by atomic mass is 10.1. The summed E-state index contributed by atoms with van der Waals surface area (Å²) in [5, 5.41) is 6.73. The van der Waals surface area contributed by atoms with Crippen LogP contribution in [-0.2, 0) is 17.9 Å². The van der Waals surface area contributed by atoms with E-state index in [2.05, 4.69) is 10.4 Å². The van der Waals surface area contributed by atoms with Crippen LogP contribution in [0.25, 0.3) is 5.69 Å². The molecule has 2 aromatic carbocycles. The SMILES string of the molecule is Cc1ccc(CNC(=O)Cn2cnn(-c3ccc(F)cc3)c2=O)cc1. The Kier molecular flexibility index (Phi) is 4.74. The van der Waals surface area contributed by atoms with Crippen LogP contribution in [-0.4, -0.2) is 20.3 Å². The molecule has 0 saturated carbocycles. The summed E-state index contributed by atoms with van der Waals surface area (Å²) in [6.07, 6.45) is 1.29. The van der Waals surface area contributed by atoms with Gasteiger partial charge >= 0.3 is 5.69 Å². The molecule has 0 saturated heterocycles. The second kappa shape index (κ2) is 7.12. The van der Waals surface area contributed by atoms with Crippen molar-refractivity contribution in [3.05, 3.63) is 82.3 Å². The van der Waals surface area contributed by atoms with Crippen molar-refractivity contribution in [1.29, 1.82) is 0 Å². The number of carbonyl (C=O) groups is 1. The minimum atomic E-state index is -0.461. The molecular weight excluding hydrogens is 323 g/mol. The van der Waals surface area contributed by atoms with Gasteiger partial charge < -0.3 is 5.32 Å². The van der Waals surface area contributed by atoms with Crippen molar-refractivity contribution in [2.75, 3.05) is 0 Å². The van der Waals surface area contributed by atoms with E-state index in [9.17, 15) is 14.0 Å². The fourth-order valence-electron chi connectivity index (χ4n) is 2.32. The summed E-state index contributed by atoms with van der Waals surface area (Å²) in [6.45, 7) is 2.25. The Morgan fingerprint density at radius 1 is 1.12 bits per heavy atom. The van der Waals surface area contributed by atoms with Gasteiger partial charge in [0, 0.05) is 6.54 Å². The molecule has 0 spiro atoms. The predicted molar refractivity (Wildman–Crippen MR) is 90.8 cm³/mol. The molecule has 0 bridgehead atoms. The fourth-order valence-corrected chi connectivity index (χ4v) is 2.32. The van der Waals surface area contributed by atoms with Gasteiger partial charge in [-0.25, -0.2) is 9.18 Å². The molecule has 0 unspecified atom stereocenters. The summed E-state index contributed by atoms with van der Waals surface area (Å²) in [4.78, 5) is 24.3. The first-order valence-corrected chi connectivity index (χ1v) is 7.75. The molecule has 1 heterocycles. The van der Waals surface area contributed by atoms with Crippen molar-refractivity contribution in [3.63, 3.8) is 0 Å². The molecule has 1 aromatic heterocycles. The minimum Gasteiger partial charge on any atom is -0.350 e. The monoisotopic (exact) mass is 340 g/mol. The summed E-state index contributed by atoms with van der Waals surface area (Å²) in [6, 6.07) is 13.2. The van der Waals surface area contributed by atoms with Gasteiger partial charge in [-0.05, 0) is 36.8 Å². The maximum absolute atomic E-state index is 13.0. The second-order valence-electron chi connectivity index (χ2n) is 5.69. The summed E-state index contributed by atoms with van der Waals surface area (Å²) < 4.78 is 15.3. The molecule has 128 valence electrons. The maximum atomic E-state index is 13.0. The summed E-state index contributed by atoms with van der Waals surface area (Å²) in [7, 11) is 0. The number of aromatic nitrogens is 3. The number of hydrogen-bond acceptors (Lipinski definition) is 3. The Morgan fingerprint density at radius 3 is 2.48 bits per heavy atom. The topological polar surface area (TPSA) is 68.9 Å². The number of benzene rings is 2. The quantitative estimate of drug-likeness (QED) is 0.770. The highest BCUT2D eigenvalue weighted by Gasteiger charge is 2.10. The van der Waals surface area contributed by atoms with Crippen LogP contribution in [0.15, 0.2) is 59.7 Å². The largest absolute Gasteiger partial charge is 0.350 e. The summed E-state index contributed by atoms with van der Waals surface area (Å²) >= 11 is 0. The van der Waals surface area contributed by atoms with E-state index < -0.39 is 11.5 Å². The van der Waals surface area contributed by atoms with Gasteiger partial charge in [0.05, 0.1) is 5.69 Å². The first-order chi connectivity index (χ1) is 12.0. The average molecular weight is 340 g/mol. The van der Waals surface area contributed by atoms with E-state index in [0.717, 1.165) is 15.8 Å². The zero-order valence-electron chi connectivity index (χ0n) is 13.6. The second-order valence-corrected chi connectivity index (χ2v) is 5.69. The Bertz CT molecular complexity index is 927. The van der Waals surface area contributed by atoms with Gasteiger partial charge in [-0.3, -0.25) is 9.36 Å². The first-order valence-electron chi connectivity index (χ1n) is 7.75. The van der Waals surface area contributed by atoms with Crippen molar-refractivity contribution in [2.45, 2.75) is 20.0 Å². The molecule has 3 rings (SSSR count). The molecule has 0 atom stereocenters. The van der Waals surface area contributed by atoms with Crippen LogP contribution in [0.2, 0.25) is 0 Å². The van der Waals surface area contributed by atoms with Gasteiger partial charge in [0.15, 0.2) is 0 Å². The lowest BCUT2D eigenvalue weighted by molar-refractivity contribution is -0.121. The van der Waals surface area contributed by atoms with Crippen molar-refractivity contribution < 1.29 is 9.18 Å². The lowest BCUT2D eigenvalue weighted by Crippen LogP contribution is -2.32. The van der Waals surface area contributed by atoms with Crippen LogP contribution in [0.3, 0.4) is 0 Å². The van der Waals surface area contributed by atoms with Gasteiger partial charge in [-0.1, -0.05) is 29.8 Å².